The summed E-state index contributed by atoms with van der Waals surface area (Å²) in [4.78, 5) is 2.49. The van der Waals surface area contributed by atoms with Gasteiger partial charge in [0.25, 0.3) is 0 Å². The average molecular weight is 313 g/mol. The minimum atomic E-state index is -2.35. The summed E-state index contributed by atoms with van der Waals surface area (Å²) in [6, 6.07) is 0. The maximum absolute atomic E-state index is 14.0. The molecule has 0 aromatic rings. The fraction of sp³-hybridized carbons (Fsp3) is 1.00. The molecule has 21 heavy (non-hydrogen) atoms. The van der Waals surface area contributed by atoms with E-state index in [1.165, 1.54) is 57.8 Å². The van der Waals surface area contributed by atoms with Gasteiger partial charge in [0.05, 0.1) is 6.29 Å². The van der Waals surface area contributed by atoms with Gasteiger partial charge in [-0.25, -0.2) is 9.34 Å². The highest BCUT2D eigenvalue weighted by Gasteiger charge is 2.39. The zero-order chi connectivity index (χ0) is 14.5. The van der Waals surface area contributed by atoms with Crippen molar-refractivity contribution in [1.29, 1.82) is 0 Å². The van der Waals surface area contributed by atoms with E-state index in [4.69, 9.17) is 0 Å². The molecule has 0 unspecified atom stereocenters. The first-order chi connectivity index (χ1) is 10.3. The highest BCUT2D eigenvalue weighted by molar-refractivity contribution is 7.59. The molecule has 0 bridgehead atoms. The Kier molecular flexibility index (Phi) is 5.78. The third kappa shape index (κ3) is 3.90. The number of nitrogens with zero attached hydrogens (tertiary/aromatic N) is 3. The Morgan fingerprint density at radius 2 is 0.952 bits per heavy atom. The fourth-order valence-corrected chi connectivity index (χ4v) is 7.43. The van der Waals surface area contributed by atoms with Gasteiger partial charge in [-0.05, 0) is 51.6 Å². The molecule has 0 aromatic heterocycles. The van der Waals surface area contributed by atoms with Crippen LogP contribution in [0.5, 0.6) is 0 Å². The maximum Gasteiger partial charge on any atom is 0.230 e. The molecule has 122 valence electrons. The van der Waals surface area contributed by atoms with E-state index < -0.39 is 7.44 Å². The Morgan fingerprint density at radius 3 is 1.38 bits per heavy atom. The molecule has 3 aliphatic rings. The van der Waals surface area contributed by atoms with Crippen molar-refractivity contribution in [2.75, 3.05) is 45.6 Å². The summed E-state index contributed by atoms with van der Waals surface area (Å²) in [6.45, 7) is 6.55. The normalized spacial score (nSPS) is 27.8. The van der Waals surface area contributed by atoms with Gasteiger partial charge in [-0.2, -0.15) is 0 Å². The molecule has 3 heterocycles. The minimum absolute atomic E-state index is 0.826. The van der Waals surface area contributed by atoms with Crippen LogP contribution in [0.25, 0.3) is 0 Å². The van der Waals surface area contributed by atoms with E-state index in [0.717, 1.165) is 45.6 Å². The predicted molar refractivity (Wildman–Crippen MR) is 88.7 cm³/mol. The molecule has 0 radical (unpaired) electrons. The van der Waals surface area contributed by atoms with E-state index in [2.05, 4.69) is 14.2 Å². The molecular formula is C16H32N3OP. The molecule has 0 N–H and O–H groups in total. The zero-order valence-corrected chi connectivity index (χ0v) is 14.4. The summed E-state index contributed by atoms with van der Waals surface area (Å²) in [7, 11) is -2.35. The van der Waals surface area contributed by atoms with Crippen molar-refractivity contribution in [2.24, 2.45) is 0 Å². The van der Waals surface area contributed by atoms with Crippen molar-refractivity contribution in [1.82, 2.24) is 14.2 Å². The molecule has 0 amide bonds. The van der Waals surface area contributed by atoms with Crippen molar-refractivity contribution in [3.05, 3.63) is 0 Å². The smallest absolute Gasteiger partial charge is 0.230 e. The summed E-state index contributed by atoms with van der Waals surface area (Å²) in [6.07, 6.45) is 12.3. The van der Waals surface area contributed by atoms with Crippen molar-refractivity contribution < 1.29 is 4.57 Å². The first-order valence-electron chi connectivity index (χ1n) is 9.11. The van der Waals surface area contributed by atoms with E-state index >= 15 is 0 Å². The molecule has 0 spiro atoms. The second-order valence-corrected chi connectivity index (χ2v) is 9.76. The third-order valence-electron chi connectivity index (χ3n) is 5.38. The monoisotopic (exact) mass is 313 g/mol. The van der Waals surface area contributed by atoms with Gasteiger partial charge in [0.2, 0.25) is 7.44 Å². The fourth-order valence-electron chi connectivity index (χ4n) is 4.10. The van der Waals surface area contributed by atoms with Gasteiger partial charge in [0, 0.05) is 26.2 Å². The Hall–Kier alpha value is 0.110. The lowest BCUT2D eigenvalue weighted by atomic mass is 10.1. The molecule has 3 fully saturated rings. The van der Waals surface area contributed by atoms with Crippen LogP contribution in [-0.4, -0.2) is 59.8 Å². The van der Waals surface area contributed by atoms with Crippen LogP contribution < -0.4 is 0 Å². The lowest BCUT2D eigenvalue weighted by molar-refractivity contribution is 0.225. The van der Waals surface area contributed by atoms with E-state index in [1.807, 2.05) is 0 Å². The Bertz CT molecular complexity index is 337. The number of rotatable bonds is 4. The first kappa shape index (κ1) is 16.0. The molecule has 3 rings (SSSR count). The lowest BCUT2D eigenvalue weighted by Crippen LogP contribution is -2.43. The van der Waals surface area contributed by atoms with Crippen LogP contribution in [0.3, 0.4) is 0 Å². The quantitative estimate of drug-likeness (QED) is 0.741. The summed E-state index contributed by atoms with van der Waals surface area (Å²) in [5, 5.41) is 0. The maximum atomic E-state index is 14.0. The Morgan fingerprint density at radius 1 is 0.571 bits per heavy atom. The average Bonchev–Trinajstić information content (AvgIpc) is 2.57. The van der Waals surface area contributed by atoms with E-state index in [0.29, 0.717) is 0 Å². The van der Waals surface area contributed by atoms with Gasteiger partial charge in [0.15, 0.2) is 0 Å². The summed E-state index contributed by atoms with van der Waals surface area (Å²) in [5.41, 5.74) is 0. The minimum Gasteiger partial charge on any atom is -0.294 e. The number of hydrogen-bond donors (Lipinski definition) is 0. The van der Waals surface area contributed by atoms with Crippen LogP contribution in [0.2, 0.25) is 0 Å². The summed E-state index contributed by atoms with van der Waals surface area (Å²) in [5.74, 6) is 0. The van der Waals surface area contributed by atoms with Gasteiger partial charge in [-0.3, -0.25) is 9.46 Å². The van der Waals surface area contributed by atoms with Crippen molar-refractivity contribution in [3.8, 4) is 0 Å². The highest BCUT2D eigenvalue weighted by Crippen LogP contribution is 2.55. The van der Waals surface area contributed by atoms with Gasteiger partial charge >= 0.3 is 0 Å². The van der Waals surface area contributed by atoms with Gasteiger partial charge in [-0.1, -0.05) is 19.3 Å². The first-order valence-corrected chi connectivity index (χ1v) is 10.9. The number of piperidine rings is 3. The largest absolute Gasteiger partial charge is 0.294 e. The van der Waals surface area contributed by atoms with Crippen LogP contribution in [0.15, 0.2) is 0 Å². The molecule has 4 nitrogen and oxygen atoms in total. The zero-order valence-electron chi connectivity index (χ0n) is 13.5. The van der Waals surface area contributed by atoms with Crippen molar-refractivity contribution in [2.45, 2.75) is 57.8 Å². The second kappa shape index (κ2) is 7.59. The standard InChI is InChI=1S/C16H32N3OP/c20-21(18-12-6-2-7-13-18,19-14-8-3-9-15-19)16-17-10-4-1-5-11-17/h1-16H2. The molecule has 3 aliphatic heterocycles. The van der Waals surface area contributed by atoms with E-state index in [-0.39, 0.29) is 0 Å². The molecule has 3 saturated heterocycles. The second-order valence-electron chi connectivity index (χ2n) is 7.01. The third-order valence-corrected chi connectivity index (χ3v) is 8.72. The van der Waals surface area contributed by atoms with Gasteiger partial charge in [-0.15, -0.1) is 0 Å². The number of hydrogen-bond acceptors (Lipinski definition) is 2. The molecule has 5 heteroatoms. The van der Waals surface area contributed by atoms with Gasteiger partial charge in [0.1, 0.15) is 0 Å². The van der Waals surface area contributed by atoms with Crippen LogP contribution in [0.4, 0.5) is 0 Å². The highest BCUT2D eigenvalue weighted by atomic mass is 31.2. The van der Waals surface area contributed by atoms with Crippen LogP contribution in [0, 0.1) is 0 Å². The van der Waals surface area contributed by atoms with Gasteiger partial charge < -0.3 is 0 Å². The number of likely N-dealkylation sites (tertiary alicyclic amines) is 1. The lowest BCUT2D eigenvalue weighted by Gasteiger charge is -2.45. The predicted octanol–water partition coefficient (Wildman–Crippen LogP) is 3.59. The van der Waals surface area contributed by atoms with Crippen molar-refractivity contribution in [3.63, 3.8) is 0 Å². The van der Waals surface area contributed by atoms with E-state index in [1.54, 1.807) is 0 Å². The van der Waals surface area contributed by atoms with Crippen LogP contribution in [-0.2, 0) is 4.57 Å². The Balaban J connectivity index is 1.73. The molecule has 0 aromatic carbocycles. The summed E-state index contributed by atoms with van der Waals surface area (Å²) < 4.78 is 18.8. The molecular weight excluding hydrogens is 281 g/mol. The molecule has 0 atom stereocenters. The topological polar surface area (TPSA) is 26.8 Å². The Labute approximate surface area is 130 Å². The van der Waals surface area contributed by atoms with Crippen molar-refractivity contribution >= 4 is 7.44 Å². The summed E-state index contributed by atoms with van der Waals surface area (Å²) >= 11 is 0. The van der Waals surface area contributed by atoms with E-state index in [9.17, 15) is 4.57 Å². The molecule has 0 aliphatic carbocycles. The van der Waals surface area contributed by atoms with Crippen LogP contribution >= 0.6 is 7.44 Å². The SMILES string of the molecule is O=P(CN1CCCCC1)(N1CCCCC1)N1CCCCC1. The molecule has 0 saturated carbocycles. The van der Waals surface area contributed by atoms with Crippen LogP contribution in [0.1, 0.15) is 57.8 Å².